The van der Waals surface area contributed by atoms with Crippen LogP contribution in [0.2, 0.25) is 0 Å². The summed E-state index contributed by atoms with van der Waals surface area (Å²) in [6.07, 6.45) is -0.253. The first-order chi connectivity index (χ1) is 14.0. The summed E-state index contributed by atoms with van der Waals surface area (Å²) in [4.78, 5) is 17.1. The second-order valence-corrected chi connectivity index (χ2v) is 6.87. The van der Waals surface area contributed by atoms with E-state index in [4.69, 9.17) is 4.74 Å². The number of benzene rings is 2. The van der Waals surface area contributed by atoms with Crippen LogP contribution in [-0.2, 0) is 0 Å². The van der Waals surface area contributed by atoms with Crippen LogP contribution in [-0.4, -0.2) is 15.7 Å². The summed E-state index contributed by atoms with van der Waals surface area (Å²) >= 11 is 0. The van der Waals surface area contributed by atoms with Gasteiger partial charge in [-0.2, -0.15) is 4.98 Å². The number of para-hydroxylation sites is 2. The molecule has 4 aromatic rings. The van der Waals surface area contributed by atoms with Crippen LogP contribution in [0.4, 0.5) is 15.9 Å². The number of aromatic nitrogens is 2. The van der Waals surface area contributed by atoms with Crippen molar-refractivity contribution >= 4 is 22.5 Å². The largest absolute Gasteiger partial charge is 0.473 e. The molecule has 0 aliphatic heterocycles. The van der Waals surface area contributed by atoms with Gasteiger partial charge in [0.05, 0.1) is 11.5 Å². The van der Waals surface area contributed by atoms with Crippen LogP contribution in [0.5, 0.6) is 5.88 Å². The lowest BCUT2D eigenvalue weighted by Gasteiger charge is -2.19. The number of nitrogens with zero attached hydrogens (tertiary/aromatic N) is 2. The Morgan fingerprint density at radius 2 is 1.66 bits per heavy atom. The molecule has 2 aromatic carbocycles. The van der Waals surface area contributed by atoms with Crippen LogP contribution < -0.4 is 15.5 Å². The lowest BCUT2D eigenvalue weighted by atomic mass is 10.2. The maximum absolute atomic E-state index is 14.5. The number of hydrogen-bond donors (Lipinski definition) is 1. The lowest BCUT2D eigenvalue weighted by molar-refractivity contribution is 0.221. The quantitative estimate of drug-likeness (QED) is 0.519. The molecule has 146 valence electrons. The fraction of sp³-hybridized carbons (Fsp3) is 0.130. The van der Waals surface area contributed by atoms with Gasteiger partial charge in [0.25, 0.3) is 5.88 Å². The highest BCUT2D eigenvalue weighted by atomic mass is 19.1. The Morgan fingerprint density at radius 1 is 1.00 bits per heavy atom. The average Bonchev–Trinajstić information content (AvgIpc) is 2.71. The molecule has 2 aromatic heterocycles. The molecule has 1 N–H and O–H groups in total. The minimum Gasteiger partial charge on any atom is -0.473 e. The monoisotopic (exact) mass is 389 g/mol. The molecular formula is C23H20FN3O2. The first-order valence-corrected chi connectivity index (χ1v) is 9.33. The topological polar surface area (TPSA) is 56.1 Å². The first-order valence-electron chi connectivity index (χ1n) is 9.33. The fourth-order valence-corrected chi connectivity index (χ4v) is 3.10. The summed E-state index contributed by atoms with van der Waals surface area (Å²) in [5.41, 5.74) is 1.59. The van der Waals surface area contributed by atoms with E-state index in [2.05, 4.69) is 10.3 Å². The summed E-state index contributed by atoms with van der Waals surface area (Å²) in [6.45, 7) is 3.59. The van der Waals surface area contributed by atoms with E-state index in [0.717, 1.165) is 11.4 Å². The Bertz CT molecular complexity index is 1210. The van der Waals surface area contributed by atoms with Gasteiger partial charge in [-0.3, -0.25) is 9.36 Å². The van der Waals surface area contributed by atoms with Crippen molar-refractivity contribution in [3.63, 3.8) is 0 Å². The summed E-state index contributed by atoms with van der Waals surface area (Å²) < 4.78 is 21.8. The molecule has 0 amide bonds. The molecule has 0 bridgehead atoms. The predicted octanol–water partition coefficient (Wildman–Crippen LogP) is 5.06. The first kappa shape index (κ1) is 18.7. The molecule has 2 heterocycles. The number of hydrogen-bond acceptors (Lipinski definition) is 4. The molecular weight excluding hydrogens is 369 g/mol. The Balaban J connectivity index is 2.01. The number of pyridine rings is 2. The molecule has 0 radical (unpaired) electrons. The molecule has 0 saturated carbocycles. The molecule has 0 aliphatic rings. The second kappa shape index (κ2) is 7.75. The fourth-order valence-electron chi connectivity index (χ4n) is 3.10. The molecule has 29 heavy (non-hydrogen) atoms. The van der Waals surface area contributed by atoms with Crippen LogP contribution in [0, 0.1) is 5.82 Å². The van der Waals surface area contributed by atoms with Gasteiger partial charge in [-0.15, -0.1) is 0 Å². The Kier molecular flexibility index (Phi) is 4.99. The van der Waals surface area contributed by atoms with E-state index < -0.39 is 5.82 Å². The molecule has 0 spiro atoms. The van der Waals surface area contributed by atoms with Gasteiger partial charge in [0.2, 0.25) is 0 Å². The third kappa shape index (κ3) is 3.82. The predicted molar refractivity (Wildman–Crippen MR) is 113 cm³/mol. The third-order valence-electron chi connectivity index (χ3n) is 4.32. The summed E-state index contributed by atoms with van der Waals surface area (Å²) in [7, 11) is 0. The molecule has 0 saturated heterocycles. The third-order valence-corrected chi connectivity index (χ3v) is 4.32. The van der Waals surface area contributed by atoms with Crippen molar-refractivity contribution in [1.82, 2.24) is 9.55 Å². The highest BCUT2D eigenvalue weighted by molar-refractivity contribution is 5.81. The highest BCUT2D eigenvalue weighted by Gasteiger charge is 2.17. The number of rotatable bonds is 5. The number of fused-ring (bicyclic) bond motifs is 1. The van der Waals surface area contributed by atoms with Crippen molar-refractivity contribution in [2.45, 2.75) is 20.0 Å². The molecule has 0 atom stereocenters. The molecule has 6 heteroatoms. The minimum atomic E-state index is -0.660. The van der Waals surface area contributed by atoms with Crippen LogP contribution in [0.15, 0.2) is 77.6 Å². The van der Waals surface area contributed by atoms with Crippen molar-refractivity contribution < 1.29 is 9.13 Å². The van der Waals surface area contributed by atoms with Crippen molar-refractivity contribution in [2.75, 3.05) is 5.32 Å². The Hall–Kier alpha value is -3.67. The maximum Gasteiger partial charge on any atom is 0.252 e. The van der Waals surface area contributed by atoms with Crippen LogP contribution in [0.1, 0.15) is 13.8 Å². The molecule has 5 nitrogen and oxygen atoms in total. The molecule has 0 aliphatic carbocycles. The molecule has 0 fully saturated rings. The van der Waals surface area contributed by atoms with E-state index in [1.54, 1.807) is 18.4 Å². The van der Waals surface area contributed by atoms with Crippen molar-refractivity contribution in [3.05, 3.63) is 88.8 Å². The molecule has 0 unspecified atom stereocenters. The number of ether oxygens (including phenoxy) is 1. The standard InChI is InChI=1S/C23H20FN3O2/c1-15(2)29-23-19(24)13-18-20(28)14-21(25-16-9-5-3-6-10-16)27(22(18)26-23)17-11-7-4-8-12-17/h3-15,25H,1-2H3. The molecule has 4 rings (SSSR count). The SMILES string of the molecule is CC(C)Oc1nc2c(cc1F)c(=O)cc(Nc1ccccc1)n2-c1ccccc1. The van der Waals surface area contributed by atoms with E-state index in [9.17, 15) is 9.18 Å². The van der Waals surface area contributed by atoms with E-state index >= 15 is 0 Å². The lowest BCUT2D eigenvalue weighted by Crippen LogP contribution is -2.16. The van der Waals surface area contributed by atoms with Gasteiger partial charge < -0.3 is 10.1 Å². The second-order valence-electron chi connectivity index (χ2n) is 6.87. The van der Waals surface area contributed by atoms with Crippen molar-refractivity contribution in [1.29, 1.82) is 0 Å². The van der Waals surface area contributed by atoms with E-state index in [0.29, 0.717) is 11.5 Å². The summed E-state index contributed by atoms with van der Waals surface area (Å²) in [5.74, 6) is -0.269. The van der Waals surface area contributed by atoms with E-state index in [1.807, 2.05) is 60.7 Å². The number of nitrogens with one attached hydrogen (secondary N) is 1. The zero-order valence-electron chi connectivity index (χ0n) is 16.1. The average molecular weight is 389 g/mol. The minimum absolute atomic E-state index is 0.131. The van der Waals surface area contributed by atoms with Crippen molar-refractivity contribution in [2.24, 2.45) is 0 Å². The highest BCUT2D eigenvalue weighted by Crippen LogP contribution is 2.27. The number of halogens is 1. The van der Waals surface area contributed by atoms with Gasteiger partial charge in [-0.1, -0.05) is 36.4 Å². The Morgan fingerprint density at radius 3 is 2.31 bits per heavy atom. The van der Waals surface area contributed by atoms with E-state index in [1.165, 1.54) is 12.1 Å². The van der Waals surface area contributed by atoms with Gasteiger partial charge >= 0.3 is 0 Å². The number of anilines is 2. The van der Waals surface area contributed by atoms with Crippen molar-refractivity contribution in [3.8, 4) is 11.6 Å². The zero-order valence-corrected chi connectivity index (χ0v) is 16.1. The zero-order chi connectivity index (χ0) is 20.4. The van der Waals surface area contributed by atoms with Gasteiger partial charge in [0.1, 0.15) is 5.82 Å². The summed E-state index contributed by atoms with van der Waals surface area (Å²) in [6, 6.07) is 21.6. The summed E-state index contributed by atoms with van der Waals surface area (Å²) in [5, 5.41) is 3.45. The van der Waals surface area contributed by atoms with Gasteiger partial charge in [0, 0.05) is 17.4 Å². The van der Waals surface area contributed by atoms with Gasteiger partial charge in [0.15, 0.2) is 16.9 Å². The van der Waals surface area contributed by atoms with E-state index in [-0.39, 0.29) is 22.8 Å². The van der Waals surface area contributed by atoms with Crippen LogP contribution >= 0.6 is 0 Å². The Labute approximate surface area is 167 Å². The van der Waals surface area contributed by atoms with Crippen LogP contribution in [0.25, 0.3) is 16.7 Å². The smallest absolute Gasteiger partial charge is 0.252 e. The normalized spacial score (nSPS) is 11.0. The van der Waals surface area contributed by atoms with Gasteiger partial charge in [-0.25, -0.2) is 4.39 Å². The van der Waals surface area contributed by atoms with Crippen LogP contribution in [0.3, 0.4) is 0 Å². The van der Waals surface area contributed by atoms with Gasteiger partial charge in [-0.05, 0) is 44.2 Å². The maximum atomic E-state index is 14.5.